The van der Waals surface area contributed by atoms with Crippen molar-refractivity contribution in [3.8, 4) is 11.1 Å². The van der Waals surface area contributed by atoms with Crippen LogP contribution in [0.5, 0.6) is 0 Å². The van der Waals surface area contributed by atoms with Gasteiger partial charge in [-0.15, -0.1) is 0 Å². The summed E-state index contributed by atoms with van der Waals surface area (Å²) < 4.78 is 13.1. The van der Waals surface area contributed by atoms with Gasteiger partial charge in [-0.25, -0.2) is 0 Å². The summed E-state index contributed by atoms with van der Waals surface area (Å²) in [5.41, 5.74) is 16.6. The number of hydrogen-bond donors (Lipinski definition) is 0. The zero-order chi connectivity index (χ0) is 33.3. The molecule has 0 amide bonds. The van der Waals surface area contributed by atoms with Crippen molar-refractivity contribution in [1.82, 2.24) is 0 Å². The molecule has 8 rings (SSSR count). The molecule has 0 aliphatic heterocycles. The summed E-state index contributed by atoms with van der Waals surface area (Å²) in [6, 6.07) is 21.8. The van der Waals surface area contributed by atoms with E-state index >= 15 is 0 Å². The molecule has 1 heteroatoms. The summed E-state index contributed by atoms with van der Waals surface area (Å²) in [7, 11) is 0. The van der Waals surface area contributed by atoms with Crippen LogP contribution in [0.3, 0.4) is 0 Å². The first-order valence-electron chi connectivity index (χ1n) is 18.4. The van der Waals surface area contributed by atoms with Crippen molar-refractivity contribution >= 4 is 18.6 Å². The predicted molar refractivity (Wildman–Crippen MR) is 203 cm³/mol. The molecule has 0 saturated heterocycles. The number of allylic oxidation sites excluding steroid dienone is 8. The topological polar surface area (TPSA) is 0 Å². The van der Waals surface area contributed by atoms with Gasteiger partial charge in [-0.05, 0) is 0 Å². The number of fused-ring (bicyclic) bond motifs is 5. The summed E-state index contributed by atoms with van der Waals surface area (Å²) in [4.78, 5) is 0. The summed E-state index contributed by atoms with van der Waals surface area (Å²) in [6.45, 7) is 19.5. The molecule has 5 aliphatic carbocycles. The summed E-state index contributed by atoms with van der Waals surface area (Å²) in [6.07, 6.45) is 15.6. The molecule has 3 aromatic rings. The van der Waals surface area contributed by atoms with Crippen molar-refractivity contribution in [2.24, 2.45) is 11.3 Å². The van der Waals surface area contributed by atoms with Crippen LogP contribution >= 0.6 is 0 Å². The van der Waals surface area contributed by atoms with Crippen molar-refractivity contribution in [2.75, 3.05) is 0 Å². The fraction of sp³-hybridized carbons (Fsp3) is 0.413. The van der Waals surface area contributed by atoms with Gasteiger partial charge in [-0.1, -0.05) is 0 Å². The Kier molecular flexibility index (Phi) is 6.71. The fourth-order valence-electron chi connectivity index (χ4n) is 11.6. The quantitative estimate of drug-likeness (QED) is 0.199. The Morgan fingerprint density at radius 1 is 0.766 bits per heavy atom. The number of benzene rings is 3. The standard InChI is InChI=1S/C25H25.C13H19.C6H5.CH3.CH2.Zr/c1-14-12-24(3,4)22-8-16-7-17-9-23-19(15(2)13-25(23,5)6)11-21(17)20(16)10-18(14)22;1-11-6-7-12(10-11)13(2)8-4-3-5-9-13;1-2-4-6-5-3-1;;;/h8-12H,7H2,1-6H3;7,10-11H,3-5,8-9H2,1-2H3;1-5H;1H3;1H2;. The van der Waals surface area contributed by atoms with Crippen molar-refractivity contribution in [3.05, 3.63) is 118 Å². The summed E-state index contributed by atoms with van der Waals surface area (Å²) in [5.74, 6) is 0.413. The zero-order valence-corrected chi connectivity index (χ0v) is 32.9. The van der Waals surface area contributed by atoms with E-state index in [-0.39, 0.29) is 10.8 Å². The molecule has 5 aliphatic rings. The zero-order valence-electron chi connectivity index (χ0n) is 30.5. The molecule has 1 atom stereocenters. The van der Waals surface area contributed by atoms with E-state index in [0.29, 0.717) is 11.3 Å². The first kappa shape index (κ1) is 31.6. The Morgan fingerprint density at radius 2 is 1.38 bits per heavy atom. The number of hydrogen-bond acceptors (Lipinski definition) is 0. The third kappa shape index (κ3) is 4.24. The second kappa shape index (κ2) is 9.97. The summed E-state index contributed by atoms with van der Waals surface area (Å²) in [5, 5.41) is 0. The molecule has 0 heterocycles. The fourth-order valence-corrected chi connectivity index (χ4v) is 28.4. The molecule has 0 aromatic heterocycles. The molecule has 0 spiro atoms. The van der Waals surface area contributed by atoms with Gasteiger partial charge in [0.15, 0.2) is 0 Å². The second-order valence-electron chi connectivity index (χ2n) is 18.0. The normalized spacial score (nSPS) is 23.5. The van der Waals surface area contributed by atoms with E-state index < -0.39 is 18.3 Å². The van der Waals surface area contributed by atoms with E-state index in [1.165, 1.54) is 91.0 Å². The Bertz CT molecular complexity index is 2080. The van der Waals surface area contributed by atoms with Crippen LogP contribution in [0.4, 0.5) is 0 Å². The van der Waals surface area contributed by atoms with Gasteiger partial charge in [0.2, 0.25) is 0 Å². The molecule has 3 aromatic carbocycles. The van der Waals surface area contributed by atoms with Gasteiger partial charge in [0.25, 0.3) is 0 Å². The second-order valence-corrected chi connectivity index (χ2v) is 31.9. The van der Waals surface area contributed by atoms with Crippen molar-refractivity contribution in [2.45, 2.75) is 109 Å². The van der Waals surface area contributed by atoms with E-state index in [4.69, 9.17) is 4.21 Å². The van der Waals surface area contributed by atoms with E-state index in [9.17, 15) is 0 Å². The Morgan fingerprint density at radius 3 is 2.04 bits per heavy atom. The maximum absolute atomic E-state index is 5.64. The predicted octanol–water partition coefficient (Wildman–Crippen LogP) is 11.9. The van der Waals surface area contributed by atoms with Gasteiger partial charge >= 0.3 is 287 Å². The van der Waals surface area contributed by atoms with Crippen LogP contribution in [-0.4, -0.2) is 4.21 Å². The third-order valence-electron chi connectivity index (χ3n) is 13.8. The van der Waals surface area contributed by atoms with Gasteiger partial charge in [-0.2, -0.15) is 0 Å². The summed E-state index contributed by atoms with van der Waals surface area (Å²) >= 11 is -4.38. The van der Waals surface area contributed by atoms with Crippen LogP contribution < -0.4 is 3.27 Å². The average Bonchev–Trinajstić information content (AvgIpc) is 3.71. The van der Waals surface area contributed by atoms with Gasteiger partial charge in [0, 0.05) is 0 Å². The molecule has 0 nitrogen and oxygen atoms in total. The minimum absolute atomic E-state index is 0.0953. The SMILES string of the molecule is [CH2]=[Zr]([CH3])([C]1=CC(C2(C)CCCCC2)=CC1C)([C]1=C(C)c2cc3c(cc2C1(C)C)Cc1cc2c(cc1-3)C(C)=CC2(C)C)[c]1ccccc1. The van der Waals surface area contributed by atoms with E-state index in [0.717, 1.165) is 6.42 Å². The van der Waals surface area contributed by atoms with Crippen LogP contribution in [0.25, 0.3) is 22.3 Å². The van der Waals surface area contributed by atoms with Crippen LogP contribution in [0.1, 0.15) is 121 Å². The van der Waals surface area contributed by atoms with Gasteiger partial charge in [0.1, 0.15) is 0 Å². The molecule has 0 bridgehead atoms. The maximum atomic E-state index is 5.64. The van der Waals surface area contributed by atoms with E-state index in [2.05, 4.69) is 133 Å². The van der Waals surface area contributed by atoms with Crippen LogP contribution in [0.15, 0.2) is 85.0 Å². The molecule has 1 saturated carbocycles. The minimum atomic E-state index is -4.38. The van der Waals surface area contributed by atoms with Gasteiger partial charge < -0.3 is 0 Å². The molecule has 1 fully saturated rings. The van der Waals surface area contributed by atoms with Crippen LogP contribution in [-0.2, 0) is 35.5 Å². The molecule has 0 N–H and O–H groups in total. The van der Waals surface area contributed by atoms with Crippen molar-refractivity contribution in [3.63, 3.8) is 0 Å². The Balaban J connectivity index is 1.33. The molecular formula is C46H54Zr. The van der Waals surface area contributed by atoms with Crippen LogP contribution in [0.2, 0.25) is 4.63 Å². The third-order valence-corrected chi connectivity index (χ3v) is 29.6. The Hall–Kier alpha value is -2.63. The van der Waals surface area contributed by atoms with Crippen molar-refractivity contribution < 1.29 is 18.3 Å². The molecule has 0 radical (unpaired) electrons. The van der Waals surface area contributed by atoms with E-state index in [1.54, 1.807) is 12.1 Å². The monoisotopic (exact) mass is 696 g/mol. The van der Waals surface area contributed by atoms with Gasteiger partial charge in [-0.3, -0.25) is 0 Å². The first-order valence-corrected chi connectivity index (χ1v) is 26.3. The van der Waals surface area contributed by atoms with Gasteiger partial charge in [0.05, 0.1) is 0 Å². The molecule has 242 valence electrons. The van der Waals surface area contributed by atoms with Crippen molar-refractivity contribution in [1.29, 1.82) is 0 Å². The van der Waals surface area contributed by atoms with E-state index in [1.807, 2.05) is 0 Å². The molecule has 1 unspecified atom stereocenters. The first-order chi connectivity index (χ1) is 22.1. The Labute approximate surface area is 285 Å². The number of rotatable bonds is 4. The average molecular weight is 698 g/mol. The molecular weight excluding hydrogens is 644 g/mol. The molecule has 47 heavy (non-hydrogen) atoms. The van der Waals surface area contributed by atoms with Crippen LogP contribution in [0, 0.1) is 11.3 Å².